The van der Waals surface area contributed by atoms with Crippen molar-refractivity contribution in [1.29, 1.82) is 0 Å². The van der Waals surface area contributed by atoms with E-state index in [9.17, 15) is 9.59 Å². The lowest BCUT2D eigenvalue weighted by Gasteiger charge is -2.22. The molecule has 28 heavy (non-hydrogen) atoms. The van der Waals surface area contributed by atoms with Crippen molar-refractivity contribution in [2.75, 3.05) is 18.5 Å². The van der Waals surface area contributed by atoms with Crippen LogP contribution >= 0.6 is 11.3 Å². The summed E-state index contributed by atoms with van der Waals surface area (Å²) < 4.78 is 5.14. The van der Waals surface area contributed by atoms with Gasteiger partial charge in [0.2, 0.25) is 5.91 Å². The van der Waals surface area contributed by atoms with E-state index in [4.69, 9.17) is 4.74 Å². The van der Waals surface area contributed by atoms with Gasteiger partial charge in [-0.05, 0) is 39.2 Å². The molecule has 1 amide bonds. The lowest BCUT2D eigenvalue weighted by Crippen LogP contribution is -2.36. The molecule has 0 radical (unpaired) electrons. The number of amides is 1. The predicted octanol–water partition coefficient (Wildman–Crippen LogP) is 3.74. The number of hydrogen-bond acceptors (Lipinski definition) is 7. The molecule has 1 aliphatic rings. The molecule has 152 valence electrons. The highest BCUT2D eigenvalue weighted by Crippen LogP contribution is 2.34. The summed E-state index contributed by atoms with van der Waals surface area (Å²) in [6.45, 7) is 6.30. The van der Waals surface area contributed by atoms with E-state index in [1.165, 1.54) is 30.6 Å². The van der Waals surface area contributed by atoms with Gasteiger partial charge in [-0.3, -0.25) is 4.79 Å². The molecule has 2 N–H and O–H groups in total. The normalized spacial score (nSPS) is 14.8. The average molecular weight is 405 g/mol. The first-order chi connectivity index (χ1) is 13.5. The van der Waals surface area contributed by atoms with Crippen molar-refractivity contribution in [2.24, 2.45) is 0 Å². The summed E-state index contributed by atoms with van der Waals surface area (Å²) in [5, 5.41) is 7.22. The first kappa shape index (κ1) is 20.5. The highest BCUT2D eigenvalue weighted by Gasteiger charge is 2.21. The zero-order chi connectivity index (χ0) is 20.1. The third kappa shape index (κ3) is 4.79. The number of fused-ring (bicyclic) bond motifs is 1. The maximum Gasteiger partial charge on any atom is 0.348 e. The fourth-order valence-electron chi connectivity index (χ4n) is 3.61. The minimum Gasteiger partial charge on any atom is -0.462 e. The van der Waals surface area contributed by atoms with Crippen molar-refractivity contribution in [2.45, 2.75) is 65.3 Å². The molecule has 0 atom stereocenters. The van der Waals surface area contributed by atoms with Gasteiger partial charge in [-0.15, -0.1) is 11.3 Å². The molecule has 1 fully saturated rings. The van der Waals surface area contributed by atoms with E-state index in [0.29, 0.717) is 42.1 Å². The van der Waals surface area contributed by atoms with Crippen LogP contribution in [0.1, 0.15) is 66.5 Å². The molecule has 0 spiro atoms. The third-order valence-electron chi connectivity index (χ3n) is 4.98. The van der Waals surface area contributed by atoms with E-state index in [1.807, 2.05) is 13.8 Å². The number of aryl methyl sites for hydroxylation is 2. The number of anilines is 1. The van der Waals surface area contributed by atoms with Gasteiger partial charge in [0.05, 0.1) is 12.0 Å². The number of ether oxygens (including phenoxy) is 1. The summed E-state index contributed by atoms with van der Waals surface area (Å²) in [6, 6.07) is 0.320. The Bertz CT molecular complexity index is 859. The molecule has 0 saturated heterocycles. The first-order valence-electron chi connectivity index (χ1n) is 9.97. The van der Waals surface area contributed by atoms with E-state index in [-0.39, 0.29) is 11.9 Å². The van der Waals surface area contributed by atoms with Crippen LogP contribution in [0, 0.1) is 13.8 Å². The standard InChI is InChI=1S/C20H28N4O3S/c1-4-27-20(26)17-12(2)16-18(22-13(3)23-19(16)28-17)21-11-10-15(25)24-14-8-6-5-7-9-14/h14H,4-11H2,1-3H3,(H,24,25)(H,21,22,23). The minimum absolute atomic E-state index is 0.0654. The Labute approximate surface area is 169 Å². The number of carbonyl (C=O) groups is 2. The summed E-state index contributed by atoms with van der Waals surface area (Å²) in [6.07, 6.45) is 6.20. The van der Waals surface area contributed by atoms with Crippen LogP contribution < -0.4 is 10.6 Å². The zero-order valence-electron chi connectivity index (χ0n) is 16.8. The van der Waals surface area contributed by atoms with Crippen molar-refractivity contribution in [3.8, 4) is 0 Å². The topological polar surface area (TPSA) is 93.2 Å². The number of aromatic nitrogens is 2. The van der Waals surface area contributed by atoms with Gasteiger partial charge < -0.3 is 15.4 Å². The summed E-state index contributed by atoms with van der Waals surface area (Å²) in [5.74, 6) is 1.02. The second-order valence-corrected chi connectivity index (χ2v) is 8.15. The van der Waals surface area contributed by atoms with Crippen LogP contribution in [0.2, 0.25) is 0 Å². The van der Waals surface area contributed by atoms with Crippen molar-refractivity contribution < 1.29 is 14.3 Å². The quantitative estimate of drug-likeness (QED) is 0.683. The number of nitrogens with one attached hydrogen (secondary N) is 2. The van der Waals surface area contributed by atoms with E-state index < -0.39 is 0 Å². The van der Waals surface area contributed by atoms with Gasteiger partial charge in [-0.1, -0.05) is 19.3 Å². The molecule has 2 aromatic rings. The number of hydrogen-bond donors (Lipinski definition) is 2. The number of esters is 1. The molecule has 2 aromatic heterocycles. The second-order valence-electron chi connectivity index (χ2n) is 7.16. The second kappa shape index (κ2) is 9.32. The Balaban J connectivity index is 1.68. The fraction of sp³-hybridized carbons (Fsp3) is 0.600. The Kier molecular flexibility index (Phi) is 6.83. The van der Waals surface area contributed by atoms with Crippen LogP contribution in [0.15, 0.2) is 0 Å². The summed E-state index contributed by atoms with van der Waals surface area (Å²) >= 11 is 1.32. The zero-order valence-corrected chi connectivity index (χ0v) is 17.6. The predicted molar refractivity (Wildman–Crippen MR) is 111 cm³/mol. The van der Waals surface area contributed by atoms with Gasteiger partial charge in [0.15, 0.2) is 0 Å². The molecule has 0 aromatic carbocycles. The van der Waals surface area contributed by atoms with Gasteiger partial charge in [0, 0.05) is 19.0 Å². The molecule has 0 bridgehead atoms. The highest BCUT2D eigenvalue weighted by atomic mass is 32.1. The molecule has 0 unspecified atom stereocenters. The summed E-state index contributed by atoms with van der Waals surface area (Å²) in [5.41, 5.74) is 0.813. The molecule has 1 saturated carbocycles. The van der Waals surface area contributed by atoms with Crippen LogP contribution in [0.4, 0.5) is 5.82 Å². The van der Waals surface area contributed by atoms with Crippen molar-refractivity contribution in [3.63, 3.8) is 0 Å². The molecule has 7 nitrogen and oxygen atoms in total. The smallest absolute Gasteiger partial charge is 0.348 e. The minimum atomic E-state index is -0.335. The Morgan fingerprint density at radius 2 is 1.93 bits per heavy atom. The molecule has 1 aliphatic carbocycles. The van der Waals surface area contributed by atoms with Crippen LogP contribution in [-0.4, -0.2) is 41.0 Å². The van der Waals surface area contributed by atoms with Crippen molar-refractivity contribution in [3.05, 3.63) is 16.3 Å². The van der Waals surface area contributed by atoms with Gasteiger partial charge >= 0.3 is 5.97 Å². The molecular weight excluding hydrogens is 376 g/mol. The van der Waals surface area contributed by atoms with Gasteiger partial charge in [-0.25, -0.2) is 14.8 Å². The van der Waals surface area contributed by atoms with Crippen LogP contribution in [0.5, 0.6) is 0 Å². The van der Waals surface area contributed by atoms with E-state index >= 15 is 0 Å². The van der Waals surface area contributed by atoms with Crippen molar-refractivity contribution >= 4 is 39.2 Å². The monoisotopic (exact) mass is 404 g/mol. The van der Waals surface area contributed by atoms with Crippen LogP contribution in [-0.2, 0) is 9.53 Å². The SMILES string of the molecule is CCOC(=O)c1sc2nc(C)nc(NCCC(=O)NC3CCCCC3)c2c1C. The Morgan fingerprint density at radius 3 is 2.64 bits per heavy atom. The third-order valence-corrected chi connectivity index (χ3v) is 6.14. The number of thiophene rings is 1. The van der Waals surface area contributed by atoms with Gasteiger partial charge in [-0.2, -0.15) is 0 Å². The molecule has 8 heteroatoms. The van der Waals surface area contributed by atoms with Gasteiger partial charge in [0.1, 0.15) is 21.3 Å². The summed E-state index contributed by atoms with van der Waals surface area (Å²) in [4.78, 5) is 34.7. The lowest BCUT2D eigenvalue weighted by molar-refractivity contribution is -0.121. The lowest BCUT2D eigenvalue weighted by atomic mass is 9.95. The van der Waals surface area contributed by atoms with Crippen LogP contribution in [0.3, 0.4) is 0 Å². The summed E-state index contributed by atoms with van der Waals surface area (Å²) in [7, 11) is 0. The van der Waals surface area contributed by atoms with Gasteiger partial charge in [0.25, 0.3) is 0 Å². The number of nitrogens with zero attached hydrogens (tertiary/aromatic N) is 2. The molecular formula is C20H28N4O3S. The largest absolute Gasteiger partial charge is 0.462 e. The molecule has 0 aliphatic heterocycles. The Morgan fingerprint density at radius 1 is 1.18 bits per heavy atom. The van der Waals surface area contributed by atoms with E-state index in [1.54, 1.807) is 6.92 Å². The molecule has 3 rings (SSSR count). The maximum absolute atomic E-state index is 12.2. The Hall–Kier alpha value is -2.22. The van der Waals surface area contributed by atoms with Crippen LogP contribution in [0.25, 0.3) is 10.2 Å². The number of rotatable bonds is 7. The number of carbonyl (C=O) groups excluding carboxylic acids is 2. The average Bonchev–Trinajstić information content (AvgIpc) is 2.99. The maximum atomic E-state index is 12.2. The molecule has 2 heterocycles. The van der Waals surface area contributed by atoms with E-state index in [0.717, 1.165) is 28.6 Å². The van der Waals surface area contributed by atoms with Crippen molar-refractivity contribution in [1.82, 2.24) is 15.3 Å². The fourth-order valence-corrected chi connectivity index (χ4v) is 4.73. The first-order valence-corrected chi connectivity index (χ1v) is 10.8. The van der Waals surface area contributed by atoms with E-state index in [2.05, 4.69) is 20.6 Å². The highest BCUT2D eigenvalue weighted by molar-refractivity contribution is 7.20.